The minimum Gasteiger partial charge on any atom is -0.507 e. The number of H-pyrrole nitrogens is 1. The number of aromatic nitrogens is 1. The van der Waals surface area contributed by atoms with Crippen LogP contribution in [0.5, 0.6) is 11.5 Å². The largest absolute Gasteiger partial charge is 0.507 e. The summed E-state index contributed by atoms with van der Waals surface area (Å²) >= 11 is 6.03. The molecule has 5 rings (SSSR count). The maximum absolute atomic E-state index is 13.1. The third-order valence-electron chi connectivity index (χ3n) is 5.96. The number of phenolic OH excluding ortho intramolecular Hbond substituents is 1. The number of hydrogen-bond acceptors (Lipinski definition) is 4. The van der Waals surface area contributed by atoms with Crippen molar-refractivity contribution in [2.45, 2.75) is 19.4 Å². The number of nitrogens with zero attached hydrogens (tertiary/aromatic N) is 1. The van der Waals surface area contributed by atoms with Crippen molar-refractivity contribution in [3.8, 4) is 11.5 Å². The molecule has 0 bridgehead atoms. The van der Waals surface area contributed by atoms with Gasteiger partial charge in [-0.15, -0.1) is 0 Å². The van der Waals surface area contributed by atoms with Crippen molar-refractivity contribution in [3.63, 3.8) is 0 Å². The van der Waals surface area contributed by atoms with Crippen molar-refractivity contribution < 1.29 is 14.6 Å². The molecule has 5 nitrogen and oxygen atoms in total. The van der Waals surface area contributed by atoms with Crippen LogP contribution in [0.4, 0.5) is 0 Å². The van der Waals surface area contributed by atoms with Gasteiger partial charge in [0, 0.05) is 39.9 Å². The molecule has 1 unspecified atom stereocenters. The Bertz CT molecular complexity index is 1250. The highest BCUT2D eigenvalue weighted by molar-refractivity contribution is 6.31. The van der Waals surface area contributed by atoms with Gasteiger partial charge in [0.25, 0.3) is 0 Å². The first-order valence-electron chi connectivity index (χ1n) is 9.83. The van der Waals surface area contributed by atoms with E-state index in [2.05, 4.69) is 16.0 Å². The molecule has 0 amide bonds. The molecule has 0 aliphatic carbocycles. The topological polar surface area (TPSA) is 65.6 Å². The summed E-state index contributed by atoms with van der Waals surface area (Å²) in [5, 5.41) is 11.7. The second kappa shape index (κ2) is 6.96. The number of phenols is 1. The Morgan fingerprint density at radius 3 is 2.90 bits per heavy atom. The number of carbonyl (C=O) groups is 1. The molecule has 2 aromatic carbocycles. The molecular formula is C24H21ClN2O3. The quantitative estimate of drug-likeness (QED) is 0.574. The van der Waals surface area contributed by atoms with Crippen LogP contribution in [-0.2, 0) is 6.42 Å². The number of fused-ring (bicyclic) bond motifs is 5. The number of halogens is 1. The Kier molecular flexibility index (Phi) is 4.36. The molecule has 2 aliphatic heterocycles. The average Bonchev–Trinajstić information content (AvgIpc) is 3.12. The summed E-state index contributed by atoms with van der Waals surface area (Å²) in [6, 6.07) is 10.7. The van der Waals surface area contributed by atoms with Gasteiger partial charge in [0.1, 0.15) is 11.5 Å². The van der Waals surface area contributed by atoms with Crippen molar-refractivity contribution >= 4 is 28.3 Å². The van der Waals surface area contributed by atoms with E-state index < -0.39 is 0 Å². The first-order valence-corrected chi connectivity index (χ1v) is 10.2. The van der Waals surface area contributed by atoms with Gasteiger partial charge < -0.3 is 19.7 Å². The van der Waals surface area contributed by atoms with Crippen LogP contribution in [-0.4, -0.2) is 34.4 Å². The Morgan fingerprint density at radius 2 is 2.10 bits per heavy atom. The summed E-state index contributed by atoms with van der Waals surface area (Å²) < 4.78 is 5.40. The van der Waals surface area contributed by atoms with Gasteiger partial charge in [-0.05, 0) is 67.0 Å². The van der Waals surface area contributed by atoms with Crippen LogP contribution in [0.15, 0.2) is 59.8 Å². The molecule has 3 heterocycles. The number of nitrogens with one attached hydrogen (secondary N) is 1. The van der Waals surface area contributed by atoms with E-state index in [1.807, 2.05) is 31.3 Å². The number of ketones is 1. The molecule has 30 heavy (non-hydrogen) atoms. The molecule has 0 radical (unpaired) electrons. The van der Waals surface area contributed by atoms with E-state index in [9.17, 15) is 9.90 Å². The maximum atomic E-state index is 13.1. The molecule has 6 heteroatoms. The fourth-order valence-corrected chi connectivity index (χ4v) is 4.72. The molecule has 1 aromatic heterocycles. The van der Waals surface area contributed by atoms with Gasteiger partial charge in [0.15, 0.2) is 5.78 Å². The molecule has 3 aromatic rings. The summed E-state index contributed by atoms with van der Waals surface area (Å²) in [4.78, 5) is 18.8. The van der Waals surface area contributed by atoms with Crippen molar-refractivity contribution in [1.82, 2.24) is 9.88 Å². The lowest BCUT2D eigenvalue weighted by atomic mass is 9.88. The number of Topliss-reactive ketones (excluding diaryl/α,β-unsaturated/α-hetero) is 1. The molecule has 2 aliphatic rings. The molecule has 2 N–H and O–H groups in total. The van der Waals surface area contributed by atoms with E-state index in [0.29, 0.717) is 10.6 Å². The van der Waals surface area contributed by atoms with Crippen LogP contribution in [0.25, 0.3) is 10.9 Å². The van der Waals surface area contributed by atoms with Gasteiger partial charge in [0.2, 0.25) is 0 Å². The zero-order valence-corrected chi connectivity index (χ0v) is 17.5. The zero-order chi connectivity index (χ0) is 21.0. The number of benzene rings is 2. The summed E-state index contributed by atoms with van der Waals surface area (Å²) in [6.45, 7) is 2.84. The van der Waals surface area contributed by atoms with Gasteiger partial charge in [-0.25, -0.2) is 0 Å². The predicted molar refractivity (Wildman–Crippen MR) is 117 cm³/mol. The molecular weight excluding hydrogens is 400 g/mol. The average molecular weight is 421 g/mol. The third kappa shape index (κ3) is 2.89. The number of allylic oxidation sites excluding steroid dienone is 2. The number of aromatic hydroxyl groups is 1. The Morgan fingerprint density at radius 1 is 1.27 bits per heavy atom. The number of carbonyl (C=O) groups excluding carboxylic acids is 1. The minimum absolute atomic E-state index is 0.0525. The second-order valence-corrected chi connectivity index (χ2v) is 8.22. The minimum atomic E-state index is -0.236. The Hall–Kier alpha value is -3.18. The van der Waals surface area contributed by atoms with Crippen molar-refractivity contribution in [3.05, 3.63) is 81.7 Å². The molecule has 0 spiro atoms. The van der Waals surface area contributed by atoms with E-state index >= 15 is 0 Å². The summed E-state index contributed by atoms with van der Waals surface area (Å²) in [5.41, 5.74) is 5.38. The maximum Gasteiger partial charge on any atom is 0.198 e. The summed E-state index contributed by atoms with van der Waals surface area (Å²) in [7, 11) is 1.68. The fraction of sp³-hybridized carbons (Fsp3) is 0.208. The number of aromatic amines is 1. The van der Waals surface area contributed by atoms with Crippen LogP contribution in [0.3, 0.4) is 0 Å². The van der Waals surface area contributed by atoms with Gasteiger partial charge in [-0.2, -0.15) is 0 Å². The SMILES string of the molecule is COc1ccc2[nH]c3c(c2c1)CCN1C=C(C(=O)c2cc(Cl)ccc2O)C=C(C)C31. The smallest absolute Gasteiger partial charge is 0.198 e. The summed E-state index contributed by atoms with van der Waals surface area (Å²) in [5.74, 6) is 0.542. The van der Waals surface area contributed by atoms with E-state index in [1.54, 1.807) is 13.2 Å². The fourth-order valence-electron chi connectivity index (χ4n) is 4.55. The van der Waals surface area contributed by atoms with Gasteiger partial charge in [-0.1, -0.05) is 11.6 Å². The Balaban J connectivity index is 1.54. The van der Waals surface area contributed by atoms with E-state index in [4.69, 9.17) is 16.3 Å². The number of ether oxygens (including phenoxy) is 1. The second-order valence-electron chi connectivity index (χ2n) is 7.78. The number of hydrogen-bond donors (Lipinski definition) is 2. The van der Waals surface area contributed by atoms with Crippen LogP contribution >= 0.6 is 11.6 Å². The highest BCUT2D eigenvalue weighted by atomic mass is 35.5. The van der Waals surface area contributed by atoms with Crippen LogP contribution in [0.1, 0.15) is 34.6 Å². The molecule has 0 saturated carbocycles. The molecule has 0 fully saturated rings. The van der Waals surface area contributed by atoms with E-state index in [0.717, 1.165) is 35.5 Å². The molecule has 0 saturated heterocycles. The monoisotopic (exact) mass is 420 g/mol. The number of methoxy groups -OCH3 is 1. The molecule has 1 atom stereocenters. The van der Waals surface area contributed by atoms with Crippen LogP contribution < -0.4 is 4.74 Å². The lowest BCUT2D eigenvalue weighted by Crippen LogP contribution is -2.34. The van der Waals surface area contributed by atoms with E-state index in [-0.39, 0.29) is 23.1 Å². The van der Waals surface area contributed by atoms with Crippen molar-refractivity contribution in [2.75, 3.05) is 13.7 Å². The standard InChI is InChI=1S/C24H21ClN2O3/c1-13-9-14(24(29)19-10-15(25)3-6-21(19)28)12-27-8-7-17-18-11-16(30-2)4-5-20(18)26-22(17)23(13)27/h3-6,9-12,23,26,28H,7-8H2,1-2H3. The lowest BCUT2D eigenvalue weighted by Gasteiger charge is -2.38. The lowest BCUT2D eigenvalue weighted by molar-refractivity contribution is 0.103. The Labute approximate surface area is 179 Å². The number of rotatable bonds is 3. The zero-order valence-electron chi connectivity index (χ0n) is 16.7. The summed E-state index contributed by atoms with van der Waals surface area (Å²) in [6.07, 6.45) is 4.67. The van der Waals surface area contributed by atoms with E-state index in [1.165, 1.54) is 23.1 Å². The van der Waals surface area contributed by atoms with Crippen molar-refractivity contribution in [2.24, 2.45) is 0 Å². The van der Waals surface area contributed by atoms with Crippen LogP contribution in [0, 0.1) is 0 Å². The third-order valence-corrected chi connectivity index (χ3v) is 6.19. The highest BCUT2D eigenvalue weighted by Gasteiger charge is 2.33. The predicted octanol–water partition coefficient (Wildman–Crippen LogP) is 5.16. The van der Waals surface area contributed by atoms with Crippen molar-refractivity contribution in [1.29, 1.82) is 0 Å². The van der Waals surface area contributed by atoms with Gasteiger partial charge >= 0.3 is 0 Å². The van der Waals surface area contributed by atoms with Gasteiger partial charge in [0.05, 0.1) is 18.7 Å². The first kappa shape index (κ1) is 18.8. The highest BCUT2D eigenvalue weighted by Crippen LogP contribution is 2.42. The van der Waals surface area contributed by atoms with Gasteiger partial charge in [-0.3, -0.25) is 4.79 Å². The first-order chi connectivity index (χ1) is 14.5. The molecule has 152 valence electrons. The normalized spacial score (nSPS) is 17.8. The van der Waals surface area contributed by atoms with Crippen LogP contribution in [0.2, 0.25) is 5.02 Å².